The molecule has 0 amide bonds. The fraction of sp³-hybridized carbons (Fsp3) is 0.929. The summed E-state index contributed by atoms with van der Waals surface area (Å²) in [6, 6.07) is 0. The van der Waals surface area contributed by atoms with Crippen LogP contribution in [0.1, 0.15) is 53.4 Å². The molecule has 0 N–H and O–H groups in total. The maximum atomic E-state index is 11.7. The summed E-state index contributed by atoms with van der Waals surface area (Å²) >= 11 is 0. The van der Waals surface area contributed by atoms with E-state index in [0.29, 0.717) is 13.0 Å². The van der Waals surface area contributed by atoms with Crippen LogP contribution >= 0.6 is 0 Å². The van der Waals surface area contributed by atoms with Crippen molar-refractivity contribution in [1.29, 1.82) is 0 Å². The van der Waals surface area contributed by atoms with Gasteiger partial charge in [-0.2, -0.15) is 0 Å². The molecule has 0 saturated heterocycles. The molecule has 0 aromatic heterocycles. The Balaban J connectivity index is 2.65. The Morgan fingerprint density at radius 3 is 2.29 bits per heavy atom. The number of nitrogens with zero attached hydrogens (tertiary/aromatic N) is 1. The van der Waals surface area contributed by atoms with E-state index in [1.54, 1.807) is 0 Å². The Morgan fingerprint density at radius 2 is 1.88 bits per heavy atom. The van der Waals surface area contributed by atoms with E-state index in [2.05, 4.69) is 25.7 Å². The van der Waals surface area contributed by atoms with Gasteiger partial charge in [-0.25, -0.2) is 0 Å². The second-order valence-corrected chi connectivity index (χ2v) is 5.30. The molecule has 1 fully saturated rings. The van der Waals surface area contributed by atoms with E-state index in [-0.39, 0.29) is 11.5 Å². The van der Waals surface area contributed by atoms with Crippen LogP contribution in [0.3, 0.4) is 0 Å². The van der Waals surface area contributed by atoms with Gasteiger partial charge in [0.1, 0.15) is 0 Å². The molecule has 0 heterocycles. The van der Waals surface area contributed by atoms with Gasteiger partial charge >= 0.3 is 5.97 Å². The van der Waals surface area contributed by atoms with Crippen LogP contribution in [0, 0.1) is 5.92 Å². The van der Waals surface area contributed by atoms with Gasteiger partial charge in [-0.05, 0) is 39.3 Å². The summed E-state index contributed by atoms with van der Waals surface area (Å²) < 4.78 is 5.11. The lowest BCUT2D eigenvalue weighted by atomic mass is 9.88. The largest absolute Gasteiger partial charge is 0.466 e. The number of hydrogen-bond acceptors (Lipinski definition) is 3. The first-order valence-electron chi connectivity index (χ1n) is 6.96. The van der Waals surface area contributed by atoms with Crippen LogP contribution in [-0.2, 0) is 9.53 Å². The smallest absolute Gasteiger partial charge is 0.307 e. The molecular formula is C14H27NO2. The lowest BCUT2D eigenvalue weighted by Gasteiger charge is -2.40. The second kappa shape index (κ2) is 6.39. The zero-order valence-electron chi connectivity index (χ0n) is 11.8. The molecule has 3 nitrogen and oxygen atoms in total. The Labute approximate surface area is 106 Å². The van der Waals surface area contributed by atoms with E-state index < -0.39 is 0 Å². The monoisotopic (exact) mass is 241 g/mol. The molecular weight excluding hydrogens is 214 g/mol. The Hall–Kier alpha value is -0.570. The van der Waals surface area contributed by atoms with Gasteiger partial charge in [-0.3, -0.25) is 9.69 Å². The van der Waals surface area contributed by atoms with Crippen LogP contribution in [0.25, 0.3) is 0 Å². The van der Waals surface area contributed by atoms with Crippen LogP contribution in [0.2, 0.25) is 0 Å². The minimum Gasteiger partial charge on any atom is -0.466 e. The summed E-state index contributed by atoms with van der Waals surface area (Å²) in [6.07, 6.45) is 4.33. The molecule has 1 rings (SSSR count). The maximum absolute atomic E-state index is 11.7. The number of esters is 1. The lowest BCUT2D eigenvalue weighted by Crippen LogP contribution is -2.48. The quantitative estimate of drug-likeness (QED) is 0.612. The van der Waals surface area contributed by atoms with E-state index in [1.807, 2.05) is 6.92 Å². The topological polar surface area (TPSA) is 29.5 Å². The number of rotatable bonds is 8. The van der Waals surface area contributed by atoms with Crippen molar-refractivity contribution in [2.24, 2.45) is 5.92 Å². The summed E-state index contributed by atoms with van der Waals surface area (Å²) in [5.41, 5.74) is -0.0169. The Morgan fingerprint density at radius 1 is 1.29 bits per heavy atom. The van der Waals surface area contributed by atoms with Crippen LogP contribution < -0.4 is 0 Å². The van der Waals surface area contributed by atoms with Crippen LogP contribution in [0.5, 0.6) is 0 Å². The number of carbonyl (C=O) groups excluding carboxylic acids is 1. The van der Waals surface area contributed by atoms with Crippen molar-refractivity contribution in [3.05, 3.63) is 0 Å². The highest BCUT2D eigenvalue weighted by Crippen LogP contribution is 2.40. The van der Waals surface area contributed by atoms with Crippen molar-refractivity contribution < 1.29 is 9.53 Å². The highest BCUT2D eigenvalue weighted by Gasteiger charge is 2.38. The predicted molar refractivity (Wildman–Crippen MR) is 69.9 cm³/mol. The summed E-state index contributed by atoms with van der Waals surface area (Å²) in [7, 11) is 0. The van der Waals surface area contributed by atoms with Gasteiger partial charge in [0.15, 0.2) is 0 Å². The summed E-state index contributed by atoms with van der Waals surface area (Å²) in [4.78, 5) is 14.2. The van der Waals surface area contributed by atoms with Crippen molar-refractivity contribution in [2.45, 2.75) is 58.9 Å². The van der Waals surface area contributed by atoms with Crippen molar-refractivity contribution in [1.82, 2.24) is 4.90 Å². The average molecular weight is 241 g/mol. The molecule has 0 radical (unpaired) electrons. The first-order chi connectivity index (χ1) is 8.05. The molecule has 100 valence electrons. The number of ether oxygens (including phenoxy) is 1. The fourth-order valence-electron chi connectivity index (χ4n) is 2.77. The van der Waals surface area contributed by atoms with E-state index in [1.165, 1.54) is 12.8 Å². The molecule has 0 aromatic rings. The standard InChI is InChI=1S/C14H27NO2/c1-5-15(6-2)14(4,10-12-8-9-12)11-13(16)17-7-3/h12H,5-11H2,1-4H3. The summed E-state index contributed by atoms with van der Waals surface area (Å²) in [5.74, 6) is 0.776. The zero-order chi connectivity index (χ0) is 12.9. The molecule has 0 bridgehead atoms. The molecule has 1 saturated carbocycles. The molecule has 1 unspecified atom stereocenters. The van der Waals surface area contributed by atoms with Crippen molar-refractivity contribution in [3.8, 4) is 0 Å². The Bertz CT molecular complexity index is 247. The average Bonchev–Trinajstić information content (AvgIpc) is 3.03. The normalized spacial score (nSPS) is 19.1. The first-order valence-corrected chi connectivity index (χ1v) is 6.96. The summed E-state index contributed by atoms with van der Waals surface area (Å²) in [6.45, 7) is 10.9. The predicted octanol–water partition coefficient (Wildman–Crippen LogP) is 2.84. The molecule has 1 aliphatic rings. The fourth-order valence-corrected chi connectivity index (χ4v) is 2.77. The molecule has 0 aliphatic heterocycles. The molecule has 0 spiro atoms. The third kappa shape index (κ3) is 4.30. The molecule has 1 aliphatic carbocycles. The van der Waals surface area contributed by atoms with E-state index >= 15 is 0 Å². The van der Waals surface area contributed by atoms with E-state index in [0.717, 1.165) is 25.4 Å². The van der Waals surface area contributed by atoms with Gasteiger partial charge in [-0.1, -0.05) is 26.7 Å². The maximum Gasteiger partial charge on any atom is 0.307 e. The van der Waals surface area contributed by atoms with Gasteiger partial charge in [0.2, 0.25) is 0 Å². The van der Waals surface area contributed by atoms with Crippen LogP contribution in [0.4, 0.5) is 0 Å². The third-order valence-electron chi connectivity index (χ3n) is 3.78. The number of carbonyl (C=O) groups is 1. The SMILES string of the molecule is CCOC(=O)CC(C)(CC1CC1)N(CC)CC. The molecule has 0 aromatic carbocycles. The number of hydrogen-bond donors (Lipinski definition) is 0. The molecule has 17 heavy (non-hydrogen) atoms. The molecule has 1 atom stereocenters. The highest BCUT2D eigenvalue weighted by atomic mass is 16.5. The lowest BCUT2D eigenvalue weighted by molar-refractivity contribution is -0.146. The zero-order valence-corrected chi connectivity index (χ0v) is 11.8. The van der Waals surface area contributed by atoms with Crippen LogP contribution in [-0.4, -0.2) is 36.1 Å². The first kappa shape index (κ1) is 14.5. The minimum atomic E-state index is -0.0532. The molecule has 3 heteroatoms. The van der Waals surface area contributed by atoms with Gasteiger partial charge in [0.25, 0.3) is 0 Å². The second-order valence-electron chi connectivity index (χ2n) is 5.30. The van der Waals surface area contributed by atoms with E-state index in [4.69, 9.17) is 4.74 Å². The Kier molecular flexibility index (Phi) is 5.44. The van der Waals surface area contributed by atoms with Crippen molar-refractivity contribution in [3.63, 3.8) is 0 Å². The summed E-state index contributed by atoms with van der Waals surface area (Å²) in [5, 5.41) is 0. The highest BCUT2D eigenvalue weighted by molar-refractivity contribution is 5.70. The third-order valence-corrected chi connectivity index (χ3v) is 3.78. The van der Waals surface area contributed by atoms with E-state index in [9.17, 15) is 4.79 Å². The van der Waals surface area contributed by atoms with Crippen LogP contribution in [0.15, 0.2) is 0 Å². The van der Waals surface area contributed by atoms with Gasteiger partial charge in [-0.15, -0.1) is 0 Å². The van der Waals surface area contributed by atoms with Gasteiger partial charge in [0.05, 0.1) is 13.0 Å². The minimum absolute atomic E-state index is 0.0169. The van der Waals surface area contributed by atoms with Crippen molar-refractivity contribution >= 4 is 5.97 Å². The van der Waals surface area contributed by atoms with Gasteiger partial charge in [0, 0.05) is 5.54 Å². The van der Waals surface area contributed by atoms with Gasteiger partial charge < -0.3 is 4.74 Å². The van der Waals surface area contributed by atoms with Crippen molar-refractivity contribution in [2.75, 3.05) is 19.7 Å².